The van der Waals surface area contributed by atoms with Gasteiger partial charge in [0.15, 0.2) is 5.82 Å². The molecule has 1 aliphatic rings. The molecule has 1 aliphatic carbocycles. The first kappa shape index (κ1) is 17.0. The Labute approximate surface area is 167 Å². The Bertz CT molecular complexity index is 1150. The molecule has 2 heterocycles. The average Bonchev–Trinajstić information content (AvgIpc) is 3.45. The maximum absolute atomic E-state index is 6.24. The molecule has 0 aliphatic heterocycles. The maximum atomic E-state index is 6.24. The first-order chi connectivity index (χ1) is 13.7. The normalized spacial score (nSPS) is 13.6. The van der Waals surface area contributed by atoms with E-state index in [2.05, 4.69) is 20.5 Å². The Hall–Kier alpha value is -3.12. The van der Waals surface area contributed by atoms with Crippen LogP contribution in [-0.4, -0.2) is 30.2 Å². The minimum absolute atomic E-state index is 0.445. The lowest BCUT2D eigenvalue weighted by Crippen LogP contribution is -2.04. The van der Waals surface area contributed by atoms with Crippen LogP contribution in [0.4, 0.5) is 0 Å². The Morgan fingerprint density at radius 3 is 2.64 bits per heavy atom. The second-order valence-electron chi connectivity index (χ2n) is 7.02. The van der Waals surface area contributed by atoms with Crippen molar-refractivity contribution < 1.29 is 0 Å². The van der Waals surface area contributed by atoms with Crippen molar-refractivity contribution in [1.29, 1.82) is 0 Å². The standard InChI is InChI=1S/C21H17ClN6/c1-13-5-9-17(10-6-13)28-21(25-26-27-28)18-12-23-20(14-7-8-14)24-19(18)15-3-2-4-16(22)11-15/h2-6,9-12,14H,7-8H2,1H3. The van der Waals surface area contributed by atoms with Gasteiger partial charge in [0.25, 0.3) is 0 Å². The van der Waals surface area contributed by atoms with E-state index in [-0.39, 0.29) is 0 Å². The zero-order valence-corrected chi connectivity index (χ0v) is 16.0. The van der Waals surface area contributed by atoms with E-state index in [1.165, 1.54) is 5.56 Å². The van der Waals surface area contributed by atoms with E-state index < -0.39 is 0 Å². The molecule has 0 bridgehead atoms. The highest BCUT2D eigenvalue weighted by atomic mass is 35.5. The number of aromatic nitrogens is 6. The first-order valence-electron chi connectivity index (χ1n) is 9.18. The Morgan fingerprint density at radius 1 is 1.07 bits per heavy atom. The Kier molecular flexibility index (Phi) is 4.13. The summed E-state index contributed by atoms with van der Waals surface area (Å²) in [7, 11) is 0. The molecule has 2 aromatic carbocycles. The van der Waals surface area contributed by atoms with Gasteiger partial charge < -0.3 is 0 Å². The van der Waals surface area contributed by atoms with E-state index >= 15 is 0 Å². The monoisotopic (exact) mass is 388 g/mol. The molecule has 5 rings (SSSR count). The number of nitrogens with zero attached hydrogens (tertiary/aromatic N) is 6. The molecule has 7 heteroatoms. The van der Waals surface area contributed by atoms with Gasteiger partial charge in [0.1, 0.15) is 5.82 Å². The summed E-state index contributed by atoms with van der Waals surface area (Å²) in [6.45, 7) is 2.05. The van der Waals surface area contributed by atoms with Gasteiger partial charge in [-0.3, -0.25) is 0 Å². The van der Waals surface area contributed by atoms with E-state index in [1.807, 2.05) is 61.7 Å². The number of tetrazole rings is 1. The number of hydrogen-bond acceptors (Lipinski definition) is 5. The molecular weight excluding hydrogens is 372 g/mol. The van der Waals surface area contributed by atoms with Gasteiger partial charge >= 0.3 is 0 Å². The fourth-order valence-electron chi connectivity index (χ4n) is 3.17. The third kappa shape index (κ3) is 3.16. The molecule has 0 atom stereocenters. The van der Waals surface area contributed by atoms with Crippen LogP contribution in [0.5, 0.6) is 0 Å². The topological polar surface area (TPSA) is 69.4 Å². The van der Waals surface area contributed by atoms with E-state index in [1.54, 1.807) is 4.68 Å². The number of benzene rings is 2. The molecule has 0 N–H and O–H groups in total. The van der Waals surface area contributed by atoms with Gasteiger partial charge in [-0.15, -0.1) is 5.10 Å². The number of hydrogen-bond donors (Lipinski definition) is 0. The van der Waals surface area contributed by atoms with Crippen LogP contribution in [0.3, 0.4) is 0 Å². The minimum atomic E-state index is 0.445. The summed E-state index contributed by atoms with van der Waals surface area (Å²) < 4.78 is 1.71. The smallest absolute Gasteiger partial charge is 0.190 e. The molecule has 2 aromatic heterocycles. The highest BCUT2D eigenvalue weighted by Crippen LogP contribution is 2.40. The van der Waals surface area contributed by atoms with Gasteiger partial charge in [-0.1, -0.05) is 41.4 Å². The largest absolute Gasteiger partial charge is 0.240 e. The summed E-state index contributed by atoms with van der Waals surface area (Å²) in [5.74, 6) is 1.91. The summed E-state index contributed by atoms with van der Waals surface area (Å²) in [4.78, 5) is 9.47. The number of rotatable bonds is 4. The highest BCUT2D eigenvalue weighted by Gasteiger charge is 2.28. The van der Waals surface area contributed by atoms with Crippen molar-refractivity contribution in [3.8, 4) is 28.3 Å². The van der Waals surface area contributed by atoms with Crippen molar-refractivity contribution in [2.24, 2.45) is 0 Å². The van der Waals surface area contributed by atoms with Crippen molar-refractivity contribution in [3.05, 3.63) is 71.1 Å². The van der Waals surface area contributed by atoms with Crippen LogP contribution in [0.25, 0.3) is 28.3 Å². The van der Waals surface area contributed by atoms with Crippen molar-refractivity contribution in [3.63, 3.8) is 0 Å². The molecule has 1 saturated carbocycles. The molecular formula is C21H17ClN6. The van der Waals surface area contributed by atoms with Gasteiger partial charge in [0.05, 0.1) is 16.9 Å². The lowest BCUT2D eigenvalue weighted by Gasteiger charge is -2.11. The molecule has 0 spiro atoms. The van der Waals surface area contributed by atoms with Gasteiger partial charge in [0.2, 0.25) is 0 Å². The van der Waals surface area contributed by atoms with Crippen molar-refractivity contribution in [1.82, 2.24) is 30.2 Å². The van der Waals surface area contributed by atoms with Crippen LogP contribution in [0, 0.1) is 6.92 Å². The quantitative estimate of drug-likeness (QED) is 0.510. The van der Waals surface area contributed by atoms with Crippen molar-refractivity contribution in [2.45, 2.75) is 25.7 Å². The number of halogens is 1. The summed E-state index contributed by atoms with van der Waals surface area (Å²) in [6, 6.07) is 15.7. The zero-order valence-electron chi connectivity index (χ0n) is 15.2. The molecule has 138 valence electrons. The highest BCUT2D eigenvalue weighted by molar-refractivity contribution is 6.30. The third-order valence-electron chi connectivity index (χ3n) is 4.84. The lowest BCUT2D eigenvalue weighted by molar-refractivity contribution is 0.790. The predicted molar refractivity (Wildman–Crippen MR) is 107 cm³/mol. The fourth-order valence-corrected chi connectivity index (χ4v) is 3.36. The van der Waals surface area contributed by atoms with Gasteiger partial charge in [-0.05, 0) is 54.5 Å². The molecule has 0 amide bonds. The van der Waals surface area contributed by atoms with Gasteiger partial charge in [-0.2, -0.15) is 4.68 Å². The molecule has 6 nitrogen and oxygen atoms in total. The van der Waals surface area contributed by atoms with Crippen LogP contribution in [-0.2, 0) is 0 Å². The van der Waals surface area contributed by atoms with Crippen LogP contribution in [0.15, 0.2) is 54.7 Å². The second kappa shape index (κ2) is 6.80. The summed E-state index contributed by atoms with van der Waals surface area (Å²) >= 11 is 6.24. The van der Waals surface area contributed by atoms with E-state index in [9.17, 15) is 0 Å². The van der Waals surface area contributed by atoms with Crippen LogP contribution in [0.1, 0.15) is 30.1 Å². The molecule has 0 radical (unpaired) electrons. The molecule has 0 unspecified atom stereocenters. The SMILES string of the molecule is Cc1ccc(-n2nnnc2-c2cnc(C3CC3)nc2-c2cccc(Cl)c2)cc1. The second-order valence-corrected chi connectivity index (χ2v) is 7.46. The van der Waals surface area contributed by atoms with E-state index in [0.717, 1.165) is 41.2 Å². The fraction of sp³-hybridized carbons (Fsp3) is 0.190. The predicted octanol–water partition coefficient (Wildman–Crippen LogP) is 4.63. The first-order valence-corrected chi connectivity index (χ1v) is 9.55. The van der Waals surface area contributed by atoms with Crippen LogP contribution >= 0.6 is 11.6 Å². The van der Waals surface area contributed by atoms with E-state index in [0.29, 0.717) is 16.8 Å². The zero-order chi connectivity index (χ0) is 19.1. The minimum Gasteiger partial charge on any atom is -0.240 e. The van der Waals surface area contributed by atoms with Crippen LogP contribution < -0.4 is 0 Å². The molecule has 28 heavy (non-hydrogen) atoms. The summed E-state index contributed by atoms with van der Waals surface area (Å²) in [5, 5.41) is 13.0. The lowest BCUT2D eigenvalue weighted by atomic mass is 10.1. The van der Waals surface area contributed by atoms with Gasteiger partial charge in [0, 0.05) is 22.7 Å². The Morgan fingerprint density at radius 2 is 1.89 bits per heavy atom. The number of aryl methyl sites for hydroxylation is 1. The van der Waals surface area contributed by atoms with E-state index in [4.69, 9.17) is 16.6 Å². The molecule has 4 aromatic rings. The van der Waals surface area contributed by atoms with Crippen molar-refractivity contribution >= 4 is 11.6 Å². The summed E-state index contributed by atoms with van der Waals surface area (Å²) in [6.07, 6.45) is 4.10. The van der Waals surface area contributed by atoms with Crippen molar-refractivity contribution in [2.75, 3.05) is 0 Å². The summed E-state index contributed by atoms with van der Waals surface area (Å²) in [5.41, 5.74) is 4.55. The van der Waals surface area contributed by atoms with Gasteiger partial charge in [-0.25, -0.2) is 9.97 Å². The molecule has 1 fully saturated rings. The molecule has 0 saturated heterocycles. The maximum Gasteiger partial charge on any atom is 0.190 e. The Balaban J connectivity index is 1.69. The third-order valence-corrected chi connectivity index (χ3v) is 5.07. The average molecular weight is 389 g/mol. The van der Waals surface area contributed by atoms with Crippen LogP contribution in [0.2, 0.25) is 5.02 Å².